The molecule has 1 heterocycles. The Morgan fingerprint density at radius 1 is 1.00 bits per heavy atom. The molecule has 0 radical (unpaired) electrons. The zero-order valence-corrected chi connectivity index (χ0v) is 17.4. The van der Waals surface area contributed by atoms with Gasteiger partial charge in [-0.15, -0.1) is 0 Å². The zero-order valence-electron chi connectivity index (χ0n) is 17.4. The molecule has 0 fully saturated rings. The lowest BCUT2D eigenvalue weighted by atomic mass is 10.1. The molecule has 0 aliphatic carbocycles. The van der Waals surface area contributed by atoms with Crippen molar-refractivity contribution in [2.45, 2.75) is 46.3 Å². The predicted molar refractivity (Wildman–Crippen MR) is 107 cm³/mol. The van der Waals surface area contributed by atoms with Crippen LogP contribution in [0.2, 0.25) is 0 Å². The zero-order chi connectivity index (χ0) is 20.7. The van der Waals surface area contributed by atoms with E-state index in [1.54, 1.807) is 9.80 Å². The van der Waals surface area contributed by atoms with Crippen LogP contribution in [0.1, 0.15) is 37.9 Å². The SMILES string of the molecule is COCC(=O)N(CC(=O)N(Cc1ccccc1)Cc1ccc(C)o1)C(C)(C)C. The predicted octanol–water partition coefficient (Wildman–Crippen LogP) is 3.39. The highest BCUT2D eigenvalue weighted by atomic mass is 16.5. The number of nitrogens with zero attached hydrogens (tertiary/aromatic N) is 2. The number of furan rings is 1. The molecular formula is C22H30N2O4. The van der Waals surface area contributed by atoms with Gasteiger partial charge in [-0.2, -0.15) is 0 Å². The molecule has 28 heavy (non-hydrogen) atoms. The summed E-state index contributed by atoms with van der Waals surface area (Å²) in [5.74, 6) is 1.16. The van der Waals surface area contributed by atoms with Crippen LogP contribution in [0.25, 0.3) is 0 Å². The van der Waals surface area contributed by atoms with Gasteiger partial charge in [0.25, 0.3) is 0 Å². The minimum Gasteiger partial charge on any atom is -0.464 e. The van der Waals surface area contributed by atoms with E-state index in [0.717, 1.165) is 11.3 Å². The van der Waals surface area contributed by atoms with Gasteiger partial charge in [-0.25, -0.2) is 0 Å². The molecule has 1 aromatic carbocycles. The molecule has 152 valence electrons. The molecule has 1 aromatic heterocycles. The molecule has 0 aliphatic heterocycles. The van der Waals surface area contributed by atoms with Crippen molar-refractivity contribution in [3.05, 3.63) is 59.5 Å². The van der Waals surface area contributed by atoms with Crippen LogP contribution in [0.5, 0.6) is 0 Å². The van der Waals surface area contributed by atoms with Crippen molar-refractivity contribution in [1.29, 1.82) is 0 Å². The van der Waals surface area contributed by atoms with Crippen LogP contribution >= 0.6 is 0 Å². The molecule has 0 saturated carbocycles. The van der Waals surface area contributed by atoms with Crippen molar-refractivity contribution in [3.63, 3.8) is 0 Å². The molecule has 0 spiro atoms. The van der Waals surface area contributed by atoms with Gasteiger partial charge in [-0.05, 0) is 45.4 Å². The average Bonchev–Trinajstić information content (AvgIpc) is 3.04. The van der Waals surface area contributed by atoms with Gasteiger partial charge in [0.1, 0.15) is 24.7 Å². The molecule has 2 amide bonds. The first-order valence-electron chi connectivity index (χ1n) is 9.37. The van der Waals surface area contributed by atoms with E-state index in [0.29, 0.717) is 18.8 Å². The van der Waals surface area contributed by atoms with Gasteiger partial charge < -0.3 is 19.0 Å². The van der Waals surface area contributed by atoms with E-state index in [1.165, 1.54) is 7.11 Å². The van der Waals surface area contributed by atoms with Crippen LogP contribution in [0.15, 0.2) is 46.9 Å². The first-order chi connectivity index (χ1) is 13.2. The van der Waals surface area contributed by atoms with Crippen molar-refractivity contribution in [2.75, 3.05) is 20.3 Å². The summed E-state index contributed by atoms with van der Waals surface area (Å²) in [5.41, 5.74) is 0.523. The van der Waals surface area contributed by atoms with Gasteiger partial charge >= 0.3 is 0 Å². The third kappa shape index (κ3) is 6.23. The summed E-state index contributed by atoms with van der Waals surface area (Å²) >= 11 is 0. The number of carbonyl (C=O) groups is 2. The number of rotatable bonds is 8. The van der Waals surface area contributed by atoms with Gasteiger partial charge in [0.15, 0.2) is 0 Å². The standard InChI is InChI=1S/C22H30N2O4/c1-17-11-12-19(28-17)14-23(13-18-9-7-6-8-10-18)20(25)15-24(22(2,3)4)21(26)16-27-5/h6-12H,13-16H2,1-5H3. The maximum absolute atomic E-state index is 13.2. The van der Waals surface area contributed by atoms with E-state index >= 15 is 0 Å². The minimum absolute atomic E-state index is 0.0157. The largest absolute Gasteiger partial charge is 0.464 e. The number of amides is 2. The lowest BCUT2D eigenvalue weighted by molar-refractivity contribution is -0.147. The molecule has 6 heteroatoms. The van der Waals surface area contributed by atoms with Crippen LogP contribution in [-0.2, 0) is 27.4 Å². The quantitative estimate of drug-likeness (QED) is 0.698. The van der Waals surface area contributed by atoms with E-state index in [-0.39, 0.29) is 25.0 Å². The highest BCUT2D eigenvalue weighted by molar-refractivity contribution is 5.86. The summed E-state index contributed by atoms with van der Waals surface area (Å²) in [4.78, 5) is 28.9. The summed E-state index contributed by atoms with van der Waals surface area (Å²) in [5, 5.41) is 0. The molecule has 0 N–H and O–H groups in total. The molecule has 6 nitrogen and oxygen atoms in total. The molecule has 2 rings (SSSR count). The van der Waals surface area contributed by atoms with E-state index < -0.39 is 5.54 Å². The van der Waals surface area contributed by atoms with Crippen molar-refractivity contribution in [3.8, 4) is 0 Å². The molecule has 0 atom stereocenters. The smallest absolute Gasteiger partial charge is 0.249 e. The summed E-state index contributed by atoms with van der Waals surface area (Å²) in [6, 6.07) is 13.5. The molecule has 0 unspecified atom stereocenters. The molecular weight excluding hydrogens is 356 g/mol. The van der Waals surface area contributed by atoms with Crippen molar-refractivity contribution in [2.24, 2.45) is 0 Å². The van der Waals surface area contributed by atoms with E-state index in [4.69, 9.17) is 9.15 Å². The van der Waals surface area contributed by atoms with Crippen LogP contribution in [-0.4, -0.2) is 47.4 Å². The summed E-state index contributed by atoms with van der Waals surface area (Å²) in [6.45, 7) is 8.31. The second kappa shape index (κ2) is 9.55. The second-order valence-electron chi connectivity index (χ2n) is 7.83. The Morgan fingerprint density at radius 3 is 2.21 bits per heavy atom. The number of aryl methyl sites for hydroxylation is 1. The Hall–Kier alpha value is -2.60. The third-order valence-electron chi connectivity index (χ3n) is 4.38. The fraction of sp³-hybridized carbons (Fsp3) is 0.455. The highest BCUT2D eigenvalue weighted by Crippen LogP contribution is 2.17. The van der Waals surface area contributed by atoms with Crippen molar-refractivity contribution >= 4 is 11.8 Å². The summed E-state index contributed by atoms with van der Waals surface area (Å²) < 4.78 is 10.7. The van der Waals surface area contributed by atoms with Gasteiger partial charge in [-0.3, -0.25) is 9.59 Å². The highest BCUT2D eigenvalue weighted by Gasteiger charge is 2.30. The number of hydrogen-bond donors (Lipinski definition) is 0. The van der Waals surface area contributed by atoms with Gasteiger partial charge in [0.2, 0.25) is 11.8 Å². The lowest BCUT2D eigenvalue weighted by Crippen LogP contribution is -2.52. The summed E-state index contributed by atoms with van der Waals surface area (Å²) in [7, 11) is 1.47. The van der Waals surface area contributed by atoms with Crippen molar-refractivity contribution in [1.82, 2.24) is 9.80 Å². The normalized spacial score (nSPS) is 11.3. The van der Waals surface area contributed by atoms with Gasteiger partial charge in [0.05, 0.1) is 6.54 Å². The monoisotopic (exact) mass is 386 g/mol. The summed E-state index contributed by atoms with van der Waals surface area (Å²) in [6.07, 6.45) is 0. The van der Waals surface area contributed by atoms with Crippen LogP contribution < -0.4 is 0 Å². The number of carbonyl (C=O) groups excluding carboxylic acids is 2. The molecule has 0 bridgehead atoms. The average molecular weight is 386 g/mol. The number of methoxy groups -OCH3 is 1. The second-order valence-corrected chi connectivity index (χ2v) is 7.83. The maximum atomic E-state index is 13.2. The Kier molecular flexibility index (Phi) is 7.40. The van der Waals surface area contributed by atoms with Gasteiger partial charge in [0, 0.05) is 19.2 Å². The number of benzene rings is 1. The Bertz CT molecular complexity index is 777. The Morgan fingerprint density at radius 2 is 1.68 bits per heavy atom. The first-order valence-corrected chi connectivity index (χ1v) is 9.37. The molecule has 2 aromatic rings. The van der Waals surface area contributed by atoms with Crippen LogP contribution in [0, 0.1) is 6.92 Å². The molecule has 0 aliphatic rings. The van der Waals surface area contributed by atoms with Crippen LogP contribution in [0.4, 0.5) is 0 Å². The third-order valence-corrected chi connectivity index (χ3v) is 4.38. The maximum Gasteiger partial charge on any atom is 0.249 e. The van der Waals surface area contributed by atoms with Gasteiger partial charge in [-0.1, -0.05) is 30.3 Å². The van der Waals surface area contributed by atoms with E-state index in [9.17, 15) is 9.59 Å². The van der Waals surface area contributed by atoms with E-state index in [1.807, 2.05) is 70.2 Å². The molecule has 0 saturated heterocycles. The van der Waals surface area contributed by atoms with Crippen molar-refractivity contribution < 1.29 is 18.7 Å². The number of ether oxygens (including phenoxy) is 1. The minimum atomic E-state index is -0.495. The van der Waals surface area contributed by atoms with E-state index in [2.05, 4.69) is 0 Å². The Labute approximate surface area is 167 Å². The fourth-order valence-electron chi connectivity index (χ4n) is 2.93. The lowest BCUT2D eigenvalue weighted by Gasteiger charge is -2.36. The van der Waals surface area contributed by atoms with Crippen LogP contribution in [0.3, 0.4) is 0 Å². The Balaban J connectivity index is 2.21. The fourth-order valence-corrected chi connectivity index (χ4v) is 2.93. The number of hydrogen-bond acceptors (Lipinski definition) is 4. The topological polar surface area (TPSA) is 63.0 Å². The first kappa shape index (κ1) is 21.7.